The number of piperazine rings is 1. The Hall–Kier alpha value is -3.06. The molecule has 29 heavy (non-hydrogen) atoms. The molecule has 1 saturated heterocycles. The van der Waals surface area contributed by atoms with Crippen molar-refractivity contribution in [3.8, 4) is 5.75 Å². The van der Waals surface area contributed by atoms with Crippen LogP contribution in [0.4, 0.5) is 16.2 Å². The zero-order valence-corrected chi connectivity index (χ0v) is 16.9. The Bertz CT molecular complexity index is 847. The third-order valence-electron chi connectivity index (χ3n) is 4.46. The van der Waals surface area contributed by atoms with Gasteiger partial charge in [-0.15, -0.1) is 0 Å². The van der Waals surface area contributed by atoms with Gasteiger partial charge in [0.1, 0.15) is 5.75 Å². The minimum absolute atomic E-state index is 0.134. The van der Waals surface area contributed by atoms with Crippen molar-refractivity contribution < 1.29 is 14.3 Å². The predicted octanol–water partition coefficient (Wildman–Crippen LogP) is 3.41. The van der Waals surface area contributed by atoms with Gasteiger partial charge in [-0.1, -0.05) is 26.0 Å². The normalized spacial score (nSPS) is 13.8. The first-order valence-electron chi connectivity index (χ1n) is 9.92. The van der Waals surface area contributed by atoms with E-state index in [4.69, 9.17) is 4.74 Å². The molecule has 3 amide bonds. The van der Waals surface area contributed by atoms with Crippen LogP contribution >= 0.6 is 0 Å². The summed E-state index contributed by atoms with van der Waals surface area (Å²) in [6.07, 6.45) is 0. The first-order chi connectivity index (χ1) is 14.0. The molecule has 2 aromatic rings. The Kier molecular flexibility index (Phi) is 7.08. The van der Waals surface area contributed by atoms with Crippen molar-refractivity contribution in [3.05, 3.63) is 54.1 Å². The SMILES string of the molecule is CC(C)COc1cccc(C(=O)Nc2cccc(NC(=O)N3CCNCC3)c2)c1. The monoisotopic (exact) mass is 396 g/mol. The third-order valence-corrected chi connectivity index (χ3v) is 4.46. The Balaban J connectivity index is 1.61. The molecular weight excluding hydrogens is 368 g/mol. The Morgan fingerprint density at radius 1 is 1.03 bits per heavy atom. The molecule has 3 N–H and O–H groups in total. The molecule has 0 unspecified atom stereocenters. The number of carbonyl (C=O) groups excluding carboxylic acids is 2. The van der Waals surface area contributed by atoms with Crippen LogP contribution in [0.3, 0.4) is 0 Å². The van der Waals surface area contributed by atoms with E-state index in [0.717, 1.165) is 13.1 Å². The molecular formula is C22H28N4O3. The number of benzene rings is 2. The van der Waals surface area contributed by atoms with Crippen LogP contribution in [0.15, 0.2) is 48.5 Å². The van der Waals surface area contributed by atoms with Gasteiger partial charge in [0.05, 0.1) is 6.61 Å². The van der Waals surface area contributed by atoms with Crippen LogP contribution in [-0.4, -0.2) is 49.6 Å². The summed E-state index contributed by atoms with van der Waals surface area (Å²) in [6.45, 7) is 7.69. The summed E-state index contributed by atoms with van der Waals surface area (Å²) < 4.78 is 5.69. The quantitative estimate of drug-likeness (QED) is 0.699. The van der Waals surface area contributed by atoms with E-state index in [1.165, 1.54) is 0 Å². The van der Waals surface area contributed by atoms with Crippen molar-refractivity contribution in [2.24, 2.45) is 5.92 Å². The van der Waals surface area contributed by atoms with E-state index in [1.54, 1.807) is 47.4 Å². The van der Waals surface area contributed by atoms with Gasteiger partial charge in [-0.2, -0.15) is 0 Å². The van der Waals surface area contributed by atoms with Crippen LogP contribution in [0.2, 0.25) is 0 Å². The van der Waals surface area contributed by atoms with E-state index in [0.29, 0.717) is 48.3 Å². The molecule has 1 fully saturated rings. The topological polar surface area (TPSA) is 82.7 Å². The highest BCUT2D eigenvalue weighted by Crippen LogP contribution is 2.19. The standard InChI is InChI=1S/C22H28N4O3/c1-16(2)15-29-20-8-3-5-17(13-20)21(27)24-18-6-4-7-19(14-18)25-22(28)26-11-9-23-10-12-26/h3-8,13-14,16,23H,9-12,15H2,1-2H3,(H,24,27)(H,25,28). The lowest BCUT2D eigenvalue weighted by Crippen LogP contribution is -2.48. The Labute approximate surface area is 171 Å². The predicted molar refractivity (Wildman–Crippen MR) is 115 cm³/mol. The van der Waals surface area contributed by atoms with Crippen LogP contribution in [0, 0.1) is 5.92 Å². The Morgan fingerprint density at radius 2 is 1.72 bits per heavy atom. The summed E-state index contributed by atoms with van der Waals surface area (Å²) in [5, 5.41) is 8.98. The number of ether oxygens (including phenoxy) is 1. The number of hydrogen-bond acceptors (Lipinski definition) is 4. The average Bonchev–Trinajstić information content (AvgIpc) is 2.73. The van der Waals surface area contributed by atoms with Gasteiger partial charge in [-0.05, 0) is 42.3 Å². The summed E-state index contributed by atoms with van der Waals surface area (Å²) in [7, 11) is 0. The van der Waals surface area contributed by atoms with Crippen LogP contribution in [0.1, 0.15) is 24.2 Å². The molecule has 7 heteroatoms. The minimum atomic E-state index is -0.231. The molecule has 0 radical (unpaired) electrons. The van der Waals surface area contributed by atoms with Crippen LogP contribution in [0.25, 0.3) is 0 Å². The first-order valence-corrected chi connectivity index (χ1v) is 9.92. The van der Waals surface area contributed by atoms with Gasteiger partial charge in [0.25, 0.3) is 5.91 Å². The third kappa shape index (κ3) is 6.22. The molecule has 3 rings (SSSR count). The molecule has 0 bridgehead atoms. The molecule has 0 saturated carbocycles. The second-order valence-corrected chi connectivity index (χ2v) is 7.43. The second kappa shape index (κ2) is 9.93. The van der Waals surface area contributed by atoms with E-state index in [9.17, 15) is 9.59 Å². The molecule has 0 spiro atoms. The minimum Gasteiger partial charge on any atom is -0.493 e. The zero-order valence-electron chi connectivity index (χ0n) is 16.9. The lowest BCUT2D eigenvalue weighted by molar-refractivity contribution is 0.102. The molecule has 0 atom stereocenters. The maximum absolute atomic E-state index is 12.6. The summed E-state index contributed by atoms with van der Waals surface area (Å²) in [5.41, 5.74) is 1.77. The fraction of sp³-hybridized carbons (Fsp3) is 0.364. The molecule has 1 aliphatic heterocycles. The van der Waals surface area contributed by atoms with Crippen LogP contribution in [-0.2, 0) is 0 Å². The van der Waals surface area contributed by atoms with Crippen LogP contribution in [0.5, 0.6) is 5.75 Å². The molecule has 154 valence electrons. The molecule has 2 aromatic carbocycles. The maximum Gasteiger partial charge on any atom is 0.321 e. The second-order valence-electron chi connectivity index (χ2n) is 7.43. The van der Waals surface area contributed by atoms with Gasteiger partial charge < -0.3 is 25.6 Å². The number of urea groups is 1. The first kappa shape index (κ1) is 20.7. The highest BCUT2D eigenvalue weighted by atomic mass is 16.5. The van der Waals surface area contributed by atoms with Gasteiger partial charge in [0, 0.05) is 43.1 Å². The fourth-order valence-corrected chi connectivity index (χ4v) is 2.94. The van der Waals surface area contributed by atoms with Gasteiger partial charge in [0.15, 0.2) is 0 Å². The summed E-state index contributed by atoms with van der Waals surface area (Å²) in [6, 6.07) is 14.1. The fourth-order valence-electron chi connectivity index (χ4n) is 2.94. The number of carbonyl (C=O) groups is 2. The Morgan fingerprint density at radius 3 is 2.45 bits per heavy atom. The summed E-state index contributed by atoms with van der Waals surface area (Å²) in [4.78, 5) is 26.7. The van der Waals surface area contributed by atoms with E-state index in [2.05, 4.69) is 29.8 Å². The number of rotatable bonds is 6. The van der Waals surface area contributed by atoms with Gasteiger partial charge in [-0.3, -0.25) is 4.79 Å². The molecule has 1 aliphatic rings. The van der Waals surface area contributed by atoms with E-state index in [-0.39, 0.29) is 11.9 Å². The number of nitrogens with zero attached hydrogens (tertiary/aromatic N) is 1. The van der Waals surface area contributed by atoms with Gasteiger partial charge in [0.2, 0.25) is 0 Å². The lowest BCUT2D eigenvalue weighted by atomic mass is 10.2. The molecule has 7 nitrogen and oxygen atoms in total. The van der Waals surface area contributed by atoms with Crippen molar-refractivity contribution >= 4 is 23.3 Å². The summed E-state index contributed by atoms with van der Waals surface area (Å²) in [5.74, 6) is 0.848. The zero-order chi connectivity index (χ0) is 20.6. The smallest absolute Gasteiger partial charge is 0.321 e. The maximum atomic E-state index is 12.6. The number of nitrogens with one attached hydrogen (secondary N) is 3. The highest BCUT2D eigenvalue weighted by molar-refractivity contribution is 6.05. The number of anilines is 2. The molecule has 0 aromatic heterocycles. The lowest BCUT2D eigenvalue weighted by Gasteiger charge is -2.27. The van der Waals surface area contributed by atoms with E-state index < -0.39 is 0 Å². The van der Waals surface area contributed by atoms with Gasteiger partial charge in [-0.25, -0.2) is 4.79 Å². The van der Waals surface area contributed by atoms with Crippen molar-refractivity contribution in [2.45, 2.75) is 13.8 Å². The van der Waals surface area contributed by atoms with Crippen molar-refractivity contribution in [1.82, 2.24) is 10.2 Å². The van der Waals surface area contributed by atoms with Crippen molar-refractivity contribution in [3.63, 3.8) is 0 Å². The molecule has 1 heterocycles. The summed E-state index contributed by atoms with van der Waals surface area (Å²) >= 11 is 0. The average molecular weight is 396 g/mol. The van der Waals surface area contributed by atoms with E-state index in [1.807, 2.05) is 6.07 Å². The van der Waals surface area contributed by atoms with Crippen molar-refractivity contribution in [1.29, 1.82) is 0 Å². The highest BCUT2D eigenvalue weighted by Gasteiger charge is 2.16. The largest absolute Gasteiger partial charge is 0.493 e. The number of hydrogen-bond donors (Lipinski definition) is 3. The number of amides is 3. The molecule has 0 aliphatic carbocycles. The van der Waals surface area contributed by atoms with E-state index >= 15 is 0 Å². The van der Waals surface area contributed by atoms with Crippen LogP contribution < -0.4 is 20.7 Å². The van der Waals surface area contributed by atoms with Gasteiger partial charge >= 0.3 is 6.03 Å². The van der Waals surface area contributed by atoms with Crippen molar-refractivity contribution in [2.75, 3.05) is 43.4 Å².